The van der Waals surface area contributed by atoms with Crippen LogP contribution in [-0.4, -0.2) is 43.3 Å². The van der Waals surface area contributed by atoms with Crippen molar-refractivity contribution >= 4 is 20.9 Å². The third-order valence-corrected chi connectivity index (χ3v) is 5.62. The molecule has 0 saturated heterocycles. The van der Waals surface area contributed by atoms with E-state index in [4.69, 9.17) is 9.47 Å². The molecule has 0 aliphatic rings. The van der Waals surface area contributed by atoms with E-state index in [1.165, 1.54) is 41.5 Å². The number of halogens is 1. The van der Waals surface area contributed by atoms with E-state index in [-0.39, 0.29) is 5.75 Å². The number of methoxy groups -OCH3 is 1. The van der Waals surface area contributed by atoms with Crippen molar-refractivity contribution in [3.8, 4) is 11.5 Å². The predicted molar refractivity (Wildman–Crippen MR) is 109 cm³/mol. The lowest BCUT2D eigenvalue weighted by Gasteiger charge is -2.20. The van der Waals surface area contributed by atoms with Gasteiger partial charge in [-0.05, 0) is 42.8 Å². The van der Waals surface area contributed by atoms with Gasteiger partial charge in [0.15, 0.2) is 11.5 Å². The monoisotopic (exact) mass is 422 g/mol. The van der Waals surface area contributed by atoms with Gasteiger partial charge in [-0.2, -0.15) is 0 Å². The van der Waals surface area contributed by atoms with Gasteiger partial charge in [0.25, 0.3) is 0 Å². The Hall–Kier alpha value is -2.81. The Kier molecular flexibility index (Phi) is 5.70. The molecule has 0 fully saturated rings. The molecule has 156 valence electrons. The minimum absolute atomic E-state index is 0.304. The van der Waals surface area contributed by atoms with Crippen molar-refractivity contribution in [2.75, 3.05) is 25.7 Å². The van der Waals surface area contributed by atoms with Crippen LogP contribution in [0.2, 0.25) is 0 Å². The molecule has 2 aromatic carbocycles. The van der Waals surface area contributed by atoms with Gasteiger partial charge in [-0.1, -0.05) is 6.07 Å². The second-order valence-electron chi connectivity index (χ2n) is 6.80. The molecule has 0 N–H and O–H groups in total. The fourth-order valence-corrected chi connectivity index (χ4v) is 4.33. The third kappa shape index (κ3) is 4.14. The van der Waals surface area contributed by atoms with Crippen LogP contribution in [0, 0.1) is 5.82 Å². The Balaban J connectivity index is 2.28. The van der Waals surface area contributed by atoms with E-state index >= 15 is 0 Å². The van der Waals surface area contributed by atoms with Crippen LogP contribution in [0.15, 0.2) is 41.2 Å². The fraction of sp³-hybridized carbons (Fsp3) is 0.350. The van der Waals surface area contributed by atoms with Crippen LogP contribution in [0.4, 0.5) is 4.39 Å². The van der Waals surface area contributed by atoms with Crippen LogP contribution in [0.1, 0.15) is 18.5 Å². The van der Waals surface area contributed by atoms with E-state index < -0.39 is 27.4 Å². The molecule has 0 amide bonds. The minimum Gasteiger partial charge on any atom is -0.493 e. The number of aromatic nitrogens is 2. The quantitative estimate of drug-likeness (QED) is 0.585. The summed E-state index contributed by atoms with van der Waals surface area (Å²) in [5.74, 6) is 0.167. The van der Waals surface area contributed by atoms with Gasteiger partial charge in [0.2, 0.25) is 0 Å². The van der Waals surface area contributed by atoms with Crippen molar-refractivity contribution in [1.29, 1.82) is 0 Å². The predicted octanol–water partition coefficient (Wildman–Crippen LogP) is 2.52. The maximum absolute atomic E-state index is 13.7. The zero-order valence-corrected chi connectivity index (χ0v) is 17.5. The van der Waals surface area contributed by atoms with Gasteiger partial charge < -0.3 is 9.47 Å². The number of benzene rings is 2. The highest BCUT2D eigenvalue weighted by atomic mass is 32.2. The molecule has 3 aromatic rings. The second-order valence-corrected chi connectivity index (χ2v) is 8.98. The number of rotatable bonds is 7. The molecule has 0 spiro atoms. The first-order valence-corrected chi connectivity index (χ1v) is 11.1. The first kappa shape index (κ1) is 20.9. The Labute approximate surface area is 168 Å². The highest BCUT2D eigenvalue weighted by Gasteiger charge is 2.26. The average Bonchev–Trinajstić information content (AvgIpc) is 2.90. The summed E-state index contributed by atoms with van der Waals surface area (Å²) < 4.78 is 51.7. The Morgan fingerprint density at radius 1 is 1.10 bits per heavy atom. The summed E-state index contributed by atoms with van der Waals surface area (Å²) in [5.41, 5.74) is 0.958. The molecular formula is C20H23FN2O5S. The average molecular weight is 422 g/mol. The van der Waals surface area contributed by atoms with Crippen molar-refractivity contribution in [3.05, 3.63) is 58.3 Å². The van der Waals surface area contributed by atoms with Gasteiger partial charge in [0, 0.05) is 13.3 Å². The standard InChI is InChI=1S/C20H23FN2O5S/c1-5-28-19-10-13(6-9-18(19)27-3)17(12-29(4,25)26)23-15-8-7-14(21)11-16(15)22(2)20(23)24/h6-11,17H,5,12H2,1-4H3/t17-/m0/s1. The molecule has 0 radical (unpaired) electrons. The first-order valence-electron chi connectivity index (χ1n) is 9.01. The number of aryl methyl sites for hydroxylation is 1. The maximum atomic E-state index is 13.7. The van der Waals surface area contributed by atoms with Gasteiger partial charge in [-0.25, -0.2) is 17.6 Å². The summed E-state index contributed by atoms with van der Waals surface area (Å²) in [6.07, 6.45) is 1.11. The lowest BCUT2D eigenvalue weighted by atomic mass is 10.1. The van der Waals surface area contributed by atoms with Crippen molar-refractivity contribution in [2.45, 2.75) is 13.0 Å². The number of sulfone groups is 1. The van der Waals surface area contributed by atoms with Crippen molar-refractivity contribution in [1.82, 2.24) is 9.13 Å². The van der Waals surface area contributed by atoms with Gasteiger partial charge in [0.05, 0.1) is 36.5 Å². The first-order chi connectivity index (χ1) is 13.7. The fourth-order valence-electron chi connectivity index (χ4n) is 3.41. The molecule has 0 aliphatic carbocycles. The molecule has 29 heavy (non-hydrogen) atoms. The summed E-state index contributed by atoms with van der Waals surface area (Å²) >= 11 is 0. The summed E-state index contributed by atoms with van der Waals surface area (Å²) in [7, 11) is -0.425. The normalized spacial score (nSPS) is 12.9. The van der Waals surface area contributed by atoms with E-state index in [1.807, 2.05) is 6.92 Å². The highest BCUT2D eigenvalue weighted by Crippen LogP contribution is 2.33. The molecule has 0 unspecified atom stereocenters. The number of hydrogen-bond donors (Lipinski definition) is 0. The van der Waals surface area contributed by atoms with Crippen molar-refractivity contribution in [3.63, 3.8) is 0 Å². The molecule has 7 nitrogen and oxygen atoms in total. The van der Waals surface area contributed by atoms with Gasteiger partial charge in [0.1, 0.15) is 15.7 Å². The van der Waals surface area contributed by atoms with E-state index in [0.717, 1.165) is 6.26 Å². The number of ether oxygens (including phenoxy) is 2. The molecule has 0 bridgehead atoms. The van der Waals surface area contributed by atoms with Gasteiger partial charge >= 0.3 is 5.69 Å². The topological polar surface area (TPSA) is 79.5 Å². The summed E-state index contributed by atoms with van der Waals surface area (Å²) in [6, 6.07) is 8.20. The summed E-state index contributed by atoms with van der Waals surface area (Å²) in [5, 5.41) is 0. The number of nitrogens with zero attached hydrogens (tertiary/aromatic N) is 2. The van der Waals surface area contributed by atoms with E-state index in [2.05, 4.69) is 0 Å². The van der Waals surface area contributed by atoms with Crippen LogP contribution in [-0.2, 0) is 16.9 Å². The number of hydrogen-bond acceptors (Lipinski definition) is 5. The molecule has 3 rings (SSSR count). The zero-order chi connectivity index (χ0) is 21.3. The van der Waals surface area contributed by atoms with Crippen molar-refractivity contribution < 1.29 is 22.3 Å². The molecule has 0 saturated carbocycles. The number of fused-ring (bicyclic) bond motifs is 1. The Morgan fingerprint density at radius 2 is 1.83 bits per heavy atom. The smallest absolute Gasteiger partial charge is 0.329 e. The van der Waals surface area contributed by atoms with E-state index in [1.54, 1.807) is 18.2 Å². The molecule has 1 heterocycles. The van der Waals surface area contributed by atoms with E-state index in [0.29, 0.717) is 34.7 Å². The largest absolute Gasteiger partial charge is 0.493 e. The Bertz CT molecular complexity index is 1210. The van der Waals surface area contributed by atoms with Gasteiger partial charge in [-0.15, -0.1) is 0 Å². The zero-order valence-electron chi connectivity index (χ0n) is 16.7. The highest BCUT2D eigenvalue weighted by molar-refractivity contribution is 7.90. The maximum Gasteiger partial charge on any atom is 0.329 e. The van der Waals surface area contributed by atoms with E-state index in [9.17, 15) is 17.6 Å². The van der Waals surface area contributed by atoms with Crippen LogP contribution >= 0.6 is 0 Å². The molecule has 1 atom stereocenters. The molecule has 9 heteroatoms. The second kappa shape index (κ2) is 7.90. The van der Waals surface area contributed by atoms with Crippen LogP contribution in [0.25, 0.3) is 11.0 Å². The SMILES string of the molecule is CCOc1cc([C@H](CS(C)(=O)=O)n2c(=O)n(C)c3cc(F)ccc32)ccc1OC. The van der Waals surface area contributed by atoms with Gasteiger partial charge in [-0.3, -0.25) is 9.13 Å². The van der Waals surface area contributed by atoms with Crippen LogP contribution in [0.3, 0.4) is 0 Å². The molecule has 0 aliphatic heterocycles. The van der Waals surface area contributed by atoms with Crippen LogP contribution < -0.4 is 15.2 Å². The lowest BCUT2D eigenvalue weighted by molar-refractivity contribution is 0.310. The minimum atomic E-state index is -3.46. The summed E-state index contributed by atoms with van der Waals surface area (Å²) in [6.45, 7) is 2.22. The third-order valence-electron chi connectivity index (χ3n) is 4.70. The number of imidazole rings is 1. The Morgan fingerprint density at radius 3 is 2.45 bits per heavy atom. The lowest BCUT2D eigenvalue weighted by Crippen LogP contribution is -2.30. The molecule has 1 aromatic heterocycles. The summed E-state index contributed by atoms with van der Waals surface area (Å²) in [4.78, 5) is 13.0. The van der Waals surface area contributed by atoms with Crippen molar-refractivity contribution in [2.24, 2.45) is 7.05 Å². The van der Waals surface area contributed by atoms with Crippen LogP contribution in [0.5, 0.6) is 11.5 Å². The molecular weight excluding hydrogens is 399 g/mol.